The number of oxime groups is 1. The molecule has 140 valence electrons. The van der Waals surface area contributed by atoms with Gasteiger partial charge in [0.15, 0.2) is 0 Å². The minimum atomic E-state index is 0.0249. The van der Waals surface area contributed by atoms with Gasteiger partial charge in [-0.1, -0.05) is 96.2 Å². The monoisotopic (exact) mass is 369 g/mol. The summed E-state index contributed by atoms with van der Waals surface area (Å²) in [6, 6.07) is 31.1. The van der Waals surface area contributed by atoms with E-state index in [2.05, 4.69) is 47.6 Å². The van der Waals surface area contributed by atoms with Gasteiger partial charge in [-0.25, -0.2) is 0 Å². The third kappa shape index (κ3) is 3.71. The maximum absolute atomic E-state index is 6.10. The lowest BCUT2D eigenvalue weighted by molar-refractivity contribution is 0.129. The summed E-state index contributed by atoms with van der Waals surface area (Å²) in [7, 11) is 0. The van der Waals surface area contributed by atoms with Gasteiger partial charge < -0.3 is 9.57 Å². The molecule has 0 N–H and O–H groups in total. The predicted molar refractivity (Wildman–Crippen MR) is 110 cm³/mol. The molecule has 0 amide bonds. The molecule has 2 fully saturated rings. The van der Waals surface area contributed by atoms with Crippen molar-refractivity contribution in [3.8, 4) is 0 Å². The van der Waals surface area contributed by atoms with Crippen molar-refractivity contribution in [2.45, 2.75) is 31.2 Å². The SMILES string of the molecule is c1ccc(CO/N=C(\c2ccccc2)C2OC2C2CC2c2ccccc2)cc1. The Morgan fingerprint density at radius 3 is 2.21 bits per heavy atom. The first-order chi connectivity index (χ1) is 13.9. The fourth-order valence-electron chi connectivity index (χ4n) is 3.96. The van der Waals surface area contributed by atoms with Crippen LogP contribution in [-0.4, -0.2) is 17.9 Å². The molecule has 0 aromatic heterocycles. The number of ether oxygens (including phenoxy) is 1. The normalized spacial score (nSPS) is 25.9. The lowest BCUT2D eigenvalue weighted by Crippen LogP contribution is -2.14. The van der Waals surface area contributed by atoms with Crippen molar-refractivity contribution in [3.05, 3.63) is 108 Å². The van der Waals surface area contributed by atoms with Crippen LogP contribution in [0.4, 0.5) is 0 Å². The summed E-state index contributed by atoms with van der Waals surface area (Å²) < 4.78 is 6.10. The molecule has 3 heteroatoms. The molecule has 3 aromatic rings. The zero-order valence-corrected chi connectivity index (χ0v) is 15.6. The van der Waals surface area contributed by atoms with Gasteiger partial charge in [-0.3, -0.25) is 0 Å². The van der Waals surface area contributed by atoms with Gasteiger partial charge >= 0.3 is 0 Å². The Bertz CT molecular complexity index is 940. The van der Waals surface area contributed by atoms with Crippen molar-refractivity contribution in [3.63, 3.8) is 0 Å². The Balaban J connectivity index is 1.29. The highest BCUT2D eigenvalue weighted by Crippen LogP contribution is 2.56. The van der Waals surface area contributed by atoms with Crippen LogP contribution < -0.4 is 0 Å². The Morgan fingerprint density at radius 2 is 1.50 bits per heavy atom. The zero-order valence-electron chi connectivity index (χ0n) is 15.6. The fraction of sp³-hybridized carbons (Fsp3) is 0.240. The molecule has 0 bridgehead atoms. The van der Waals surface area contributed by atoms with Crippen molar-refractivity contribution in [2.24, 2.45) is 11.1 Å². The molecule has 4 unspecified atom stereocenters. The topological polar surface area (TPSA) is 34.1 Å². The maximum Gasteiger partial charge on any atom is 0.142 e. The minimum Gasteiger partial charge on any atom is -0.391 e. The van der Waals surface area contributed by atoms with Crippen molar-refractivity contribution < 1.29 is 9.57 Å². The van der Waals surface area contributed by atoms with Gasteiger partial charge in [-0.2, -0.15) is 0 Å². The molecule has 1 aliphatic heterocycles. The summed E-state index contributed by atoms with van der Waals surface area (Å²) in [6.07, 6.45) is 1.46. The van der Waals surface area contributed by atoms with Crippen LogP contribution in [0.25, 0.3) is 0 Å². The van der Waals surface area contributed by atoms with Crippen LogP contribution in [-0.2, 0) is 16.2 Å². The quantitative estimate of drug-likeness (QED) is 0.327. The van der Waals surface area contributed by atoms with E-state index >= 15 is 0 Å². The van der Waals surface area contributed by atoms with Crippen molar-refractivity contribution >= 4 is 5.71 Å². The van der Waals surface area contributed by atoms with Gasteiger partial charge in [-0.15, -0.1) is 0 Å². The van der Waals surface area contributed by atoms with Crippen molar-refractivity contribution in [2.75, 3.05) is 0 Å². The Hall–Kier alpha value is -2.91. The molecule has 0 spiro atoms. The highest BCUT2D eigenvalue weighted by molar-refractivity contribution is 6.05. The lowest BCUT2D eigenvalue weighted by atomic mass is 10.0. The second-order valence-electron chi connectivity index (χ2n) is 7.54. The molecule has 1 saturated carbocycles. The molecule has 4 atom stereocenters. The molecule has 5 rings (SSSR count). The van der Waals surface area contributed by atoms with E-state index in [0.29, 0.717) is 18.4 Å². The van der Waals surface area contributed by atoms with Crippen molar-refractivity contribution in [1.29, 1.82) is 0 Å². The molecule has 0 radical (unpaired) electrons. The smallest absolute Gasteiger partial charge is 0.142 e. The Morgan fingerprint density at radius 1 is 0.857 bits per heavy atom. The van der Waals surface area contributed by atoms with Crippen LogP contribution in [0.2, 0.25) is 0 Å². The van der Waals surface area contributed by atoms with Crippen LogP contribution in [0, 0.1) is 5.92 Å². The highest BCUT2D eigenvalue weighted by Gasteiger charge is 2.57. The molecule has 3 aromatic carbocycles. The van der Waals surface area contributed by atoms with Crippen LogP contribution in [0.15, 0.2) is 96.2 Å². The summed E-state index contributed by atoms with van der Waals surface area (Å²) in [6.45, 7) is 0.463. The van der Waals surface area contributed by atoms with E-state index in [1.165, 1.54) is 12.0 Å². The van der Waals surface area contributed by atoms with Gasteiger partial charge in [0.2, 0.25) is 0 Å². The Kier molecular flexibility index (Phi) is 4.67. The Labute approximate surface area is 165 Å². The van der Waals surface area contributed by atoms with Gasteiger partial charge in [0.25, 0.3) is 0 Å². The fourth-order valence-corrected chi connectivity index (χ4v) is 3.96. The first kappa shape index (κ1) is 17.2. The number of epoxide rings is 1. The van der Waals surface area contributed by atoms with Crippen LogP contribution in [0.5, 0.6) is 0 Å². The van der Waals surface area contributed by atoms with Gasteiger partial charge in [0.1, 0.15) is 18.4 Å². The molecular weight excluding hydrogens is 346 g/mol. The molecule has 1 heterocycles. The van der Waals surface area contributed by atoms with Gasteiger partial charge in [0, 0.05) is 5.56 Å². The number of hydrogen-bond acceptors (Lipinski definition) is 3. The summed E-state index contributed by atoms with van der Waals surface area (Å²) in [4.78, 5) is 5.71. The van der Waals surface area contributed by atoms with Crippen LogP contribution in [0.3, 0.4) is 0 Å². The van der Waals surface area contributed by atoms with E-state index in [-0.39, 0.29) is 12.2 Å². The predicted octanol–water partition coefficient (Wildman–Crippen LogP) is 5.18. The number of hydrogen-bond donors (Lipinski definition) is 0. The molecule has 1 aliphatic carbocycles. The molecule has 2 aliphatic rings. The average molecular weight is 369 g/mol. The number of nitrogens with zero attached hydrogens (tertiary/aromatic N) is 1. The first-order valence-electron chi connectivity index (χ1n) is 9.90. The van der Waals surface area contributed by atoms with Crippen molar-refractivity contribution in [1.82, 2.24) is 0 Å². The second kappa shape index (κ2) is 7.61. The summed E-state index contributed by atoms with van der Waals surface area (Å²) in [5, 5.41) is 4.50. The standard InChI is InChI=1S/C25H23NO2/c1-4-10-18(11-5-1)17-27-26-23(20-14-8-3-9-15-20)25-24(28-25)22-16-21(22)19-12-6-2-7-13-19/h1-15,21-22,24-25H,16-17H2/b26-23+. The molecule has 3 nitrogen and oxygen atoms in total. The van der Waals surface area contributed by atoms with E-state index < -0.39 is 0 Å². The molecule has 1 saturated heterocycles. The van der Waals surface area contributed by atoms with Gasteiger partial charge in [-0.05, 0) is 29.4 Å². The number of benzene rings is 3. The maximum atomic E-state index is 6.10. The zero-order chi connectivity index (χ0) is 18.8. The van der Waals surface area contributed by atoms with E-state index in [4.69, 9.17) is 9.57 Å². The second-order valence-corrected chi connectivity index (χ2v) is 7.54. The van der Waals surface area contributed by atoms with E-state index in [9.17, 15) is 0 Å². The third-order valence-corrected chi connectivity index (χ3v) is 5.59. The third-order valence-electron chi connectivity index (χ3n) is 5.59. The summed E-state index contributed by atoms with van der Waals surface area (Å²) in [5.41, 5.74) is 4.50. The number of rotatable bonds is 7. The van der Waals surface area contributed by atoms with Gasteiger partial charge in [0.05, 0.1) is 6.10 Å². The molecular formula is C25H23NO2. The van der Waals surface area contributed by atoms with E-state index in [1.54, 1.807) is 0 Å². The highest BCUT2D eigenvalue weighted by atomic mass is 16.6. The average Bonchev–Trinajstić information content (AvgIpc) is 3.67. The lowest BCUT2D eigenvalue weighted by Gasteiger charge is -2.05. The molecule has 28 heavy (non-hydrogen) atoms. The van der Waals surface area contributed by atoms with Crippen LogP contribution >= 0.6 is 0 Å². The first-order valence-corrected chi connectivity index (χ1v) is 9.90. The largest absolute Gasteiger partial charge is 0.391 e. The minimum absolute atomic E-state index is 0.0249. The van der Waals surface area contributed by atoms with E-state index in [0.717, 1.165) is 16.8 Å². The van der Waals surface area contributed by atoms with Crippen LogP contribution in [0.1, 0.15) is 29.0 Å². The summed E-state index contributed by atoms with van der Waals surface area (Å²) >= 11 is 0. The van der Waals surface area contributed by atoms with E-state index in [1.807, 2.05) is 48.5 Å². The summed E-state index contributed by atoms with van der Waals surface area (Å²) in [5.74, 6) is 1.19.